The number of aryl methyl sites for hydroxylation is 1. The van der Waals surface area contributed by atoms with Gasteiger partial charge in [-0.2, -0.15) is 0 Å². The number of hydrogen-bond donors (Lipinski definition) is 1. The Morgan fingerprint density at radius 3 is 2.29 bits per heavy atom. The van der Waals surface area contributed by atoms with Crippen LogP contribution in [0.4, 0.5) is 0 Å². The van der Waals surface area contributed by atoms with Crippen molar-refractivity contribution in [3.63, 3.8) is 0 Å². The van der Waals surface area contributed by atoms with Crippen molar-refractivity contribution >= 4 is 22.9 Å². The number of halogens is 1. The van der Waals surface area contributed by atoms with Gasteiger partial charge in [-0.25, -0.2) is 0 Å². The molecule has 0 aliphatic rings. The molecule has 1 nitrogen and oxygen atoms in total. The summed E-state index contributed by atoms with van der Waals surface area (Å²) in [6.45, 7) is 3.92. The molecule has 0 saturated heterocycles. The Morgan fingerprint density at radius 1 is 1.18 bits per heavy atom. The topological polar surface area (TPSA) is 20.2 Å². The molecule has 3 heteroatoms. The summed E-state index contributed by atoms with van der Waals surface area (Å²) in [5.74, 6) is 0. The van der Waals surface area contributed by atoms with Crippen molar-refractivity contribution in [1.29, 1.82) is 0 Å². The molecule has 90 valence electrons. The van der Waals surface area contributed by atoms with Crippen molar-refractivity contribution in [2.75, 3.05) is 0 Å². The van der Waals surface area contributed by atoms with Crippen molar-refractivity contribution < 1.29 is 5.11 Å². The first-order valence-electron chi connectivity index (χ1n) is 5.61. The molecule has 0 fully saturated rings. The molecule has 0 spiro atoms. The number of thiophene rings is 1. The predicted octanol–water partition coefficient (Wildman–Crippen LogP) is 4.22. The van der Waals surface area contributed by atoms with Crippen LogP contribution in [0.15, 0.2) is 36.4 Å². The molecule has 0 aliphatic heterocycles. The van der Waals surface area contributed by atoms with E-state index in [1.54, 1.807) is 6.92 Å². The summed E-state index contributed by atoms with van der Waals surface area (Å²) in [4.78, 5) is 0.867. The Balaban J connectivity index is 2.36. The molecule has 17 heavy (non-hydrogen) atoms. The third kappa shape index (κ3) is 2.54. The summed E-state index contributed by atoms with van der Waals surface area (Å²) in [5, 5.41) is 10.6. The molecule has 0 bridgehead atoms. The highest BCUT2D eigenvalue weighted by Crippen LogP contribution is 2.35. The number of hydrogen-bond acceptors (Lipinski definition) is 2. The van der Waals surface area contributed by atoms with Crippen molar-refractivity contribution in [3.8, 4) is 0 Å². The van der Waals surface area contributed by atoms with E-state index in [4.69, 9.17) is 11.6 Å². The van der Waals surface area contributed by atoms with Crippen LogP contribution in [0.2, 0.25) is 4.34 Å². The van der Waals surface area contributed by atoms with Gasteiger partial charge in [0.15, 0.2) is 0 Å². The largest absolute Gasteiger partial charge is 0.380 e. The maximum absolute atomic E-state index is 10.6. The van der Waals surface area contributed by atoms with E-state index in [0.717, 1.165) is 16.9 Å². The maximum Gasteiger partial charge on any atom is 0.121 e. The van der Waals surface area contributed by atoms with Crippen LogP contribution in [0.5, 0.6) is 0 Å². The zero-order valence-electron chi connectivity index (χ0n) is 9.90. The van der Waals surface area contributed by atoms with Gasteiger partial charge in [-0.3, -0.25) is 0 Å². The van der Waals surface area contributed by atoms with Gasteiger partial charge in [0.2, 0.25) is 0 Å². The molecule has 0 saturated carbocycles. The molecule has 2 rings (SSSR count). The molecule has 1 atom stereocenters. The molecule has 1 aromatic heterocycles. The van der Waals surface area contributed by atoms with Crippen molar-refractivity contribution in [1.82, 2.24) is 0 Å². The SMILES string of the molecule is CCc1ccc(C(C)(O)c2ccc(Cl)s2)cc1. The summed E-state index contributed by atoms with van der Waals surface area (Å²) in [6, 6.07) is 11.8. The Morgan fingerprint density at radius 2 is 1.82 bits per heavy atom. The van der Waals surface area contributed by atoms with Gasteiger partial charge in [0.1, 0.15) is 5.60 Å². The lowest BCUT2D eigenvalue weighted by Gasteiger charge is -2.22. The molecule has 0 radical (unpaired) electrons. The van der Waals surface area contributed by atoms with Crippen LogP contribution in [0.1, 0.15) is 29.9 Å². The summed E-state index contributed by atoms with van der Waals surface area (Å²) in [7, 11) is 0. The van der Waals surface area contributed by atoms with E-state index >= 15 is 0 Å². The van der Waals surface area contributed by atoms with Crippen LogP contribution < -0.4 is 0 Å². The van der Waals surface area contributed by atoms with E-state index in [1.807, 2.05) is 24.3 Å². The predicted molar refractivity (Wildman–Crippen MR) is 73.8 cm³/mol. The minimum Gasteiger partial charge on any atom is -0.380 e. The smallest absolute Gasteiger partial charge is 0.121 e. The summed E-state index contributed by atoms with van der Waals surface area (Å²) in [6.07, 6.45) is 1.01. The van der Waals surface area contributed by atoms with Gasteiger partial charge >= 0.3 is 0 Å². The Kier molecular flexibility index (Phi) is 3.57. The van der Waals surface area contributed by atoms with Gasteiger partial charge < -0.3 is 5.11 Å². The van der Waals surface area contributed by atoms with Gasteiger partial charge in [0.25, 0.3) is 0 Å². The molecule has 1 heterocycles. The third-order valence-electron chi connectivity index (χ3n) is 2.98. The van der Waals surface area contributed by atoms with E-state index < -0.39 is 5.60 Å². The quantitative estimate of drug-likeness (QED) is 0.882. The second-order valence-electron chi connectivity index (χ2n) is 4.23. The highest BCUT2D eigenvalue weighted by molar-refractivity contribution is 7.16. The van der Waals surface area contributed by atoms with E-state index in [9.17, 15) is 5.11 Å². The van der Waals surface area contributed by atoms with Gasteiger partial charge in [-0.15, -0.1) is 11.3 Å². The maximum atomic E-state index is 10.6. The van der Waals surface area contributed by atoms with E-state index in [1.165, 1.54) is 16.9 Å². The number of rotatable bonds is 3. The zero-order valence-corrected chi connectivity index (χ0v) is 11.5. The van der Waals surface area contributed by atoms with Crippen molar-refractivity contribution in [2.45, 2.75) is 25.9 Å². The van der Waals surface area contributed by atoms with Crippen molar-refractivity contribution in [2.24, 2.45) is 0 Å². The van der Waals surface area contributed by atoms with Crippen LogP contribution in [0, 0.1) is 0 Å². The first-order valence-corrected chi connectivity index (χ1v) is 6.81. The molecule has 1 unspecified atom stereocenters. The minimum atomic E-state index is -0.968. The zero-order chi connectivity index (χ0) is 12.5. The van der Waals surface area contributed by atoms with Gasteiger partial charge in [0, 0.05) is 4.88 Å². The first-order chi connectivity index (χ1) is 8.04. The third-order valence-corrected chi connectivity index (χ3v) is 4.42. The van der Waals surface area contributed by atoms with Crippen LogP contribution in [0.25, 0.3) is 0 Å². The highest BCUT2D eigenvalue weighted by Gasteiger charge is 2.27. The fraction of sp³-hybridized carbons (Fsp3) is 0.286. The summed E-state index contributed by atoms with van der Waals surface area (Å²) >= 11 is 7.32. The monoisotopic (exact) mass is 266 g/mol. The van der Waals surface area contributed by atoms with Crippen LogP contribution in [-0.2, 0) is 12.0 Å². The summed E-state index contributed by atoms with van der Waals surface area (Å²) < 4.78 is 0.699. The lowest BCUT2D eigenvalue weighted by molar-refractivity contribution is 0.106. The lowest BCUT2D eigenvalue weighted by atomic mass is 9.93. The Bertz CT molecular complexity index is 499. The summed E-state index contributed by atoms with van der Waals surface area (Å²) in [5.41, 5.74) is 1.20. The van der Waals surface area contributed by atoms with Crippen molar-refractivity contribution in [3.05, 3.63) is 56.7 Å². The average Bonchev–Trinajstić information content (AvgIpc) is 2.77. The number of aliphatic hydroxyl groups is 1. The number of benzene rings is 1. The van der Waals surface area contributed by atoms with Crippen LogP contribution >= 0.6 is 22.9 Å². The molecule has 0 aliphatic carbocycles. The van der Waals surface area contributed by atoms with E-state index in [-0.39, 0.29) is 0 Å². The first kappa shape index (κ1) is 12.6. The Hall–Kier alpha value is -0.830. The highest BCUT2D eigenvalue weighted by atomic mass is 35.5. The van der Waals surface area contributed by atoms with E-state index in [0.29, 0.717) is 4.34 Å². The molecule has 1 aromatic carbocycles. The van der Waals surface area contributed by atoms with Gasteiger partial charge in [-0.05, 0) is 36.6 Å². The Labute approximate surface area is 111 Å². The minimum absolute atomic E-state index is 0.699. The standard InChI is InChI=1S/C14H15ClOS/c1-3-10-4-6-11(7-5-10)14(2,16)12-8-9-13(15)17-12/h4-9,16H,3H2,1-2H3. The molecule has 2 aromatic rings. The normalized spacial score (nSPS) is 14.6. The fourth-order valence-electron chi connectivity index (χ4n) is 1.78. The molecular formula is C14H15ClOS. The molecule has 1 N–H and O–H groups in total. The fourth-order valence-corrected chi connectivity index (χ4v) is 2.89. The molecular weight excluding hydrogens is 252 g/mol. The lowest BCUT2D eigenvalue weighted by Crippen LogP contribution is -2.21. The van der Waals surface area contributed by atoms with Crippen LogP contribution in [-0.4, -0.2) is 5.11 Å². The average molecular weight is 267 g/mol. The second-order valence-corrected chi connectivity index (χ2v) is 5.94. The second kappa shape index (κ2) is 4.81. The van der Waals surface area contributed by atoms with Gasteiger partial charge in [-0.1, -0.05) is 42.8 Å². The van der Waals surface area contributed by atoms with E-state index in [2.05, 4.69) is 19.1 Å². The van der Waals surface area contributed by atoms with Gasteiger partial charge in [0.05, 0.1) is 4.34 Å². The van der Waals surface area contributed by atoms with Crippen LogP contribution in [0.3, 0.4) is 0 Å². The molecule has 0 amide bonds.